The highest BCUT2D eigenvalue weighted by Crippen LogP contribution is 2.59. The van der Waals surface area contributed by atoms with Gasteiger partial charge in [-0.2, -0.15) is 26.3 Å². The average Bonchev–Trinajstić information content (AvgIpc) is 1.79. The van der Waals surface area contributed by atoms with E-state index in [2.05, 4.69) is 4.52 Å². The second-order valence-electron chi connectivity index (χ2n) is 2.28. The molecule has 13 heavy (non-hydrogen) atoms. The van der Waals surface area contributed by atoms with E-state index in [-0.39, 0.29) is 0 Å². The summed E-state index contributed by atoms with van der Waals surface area (Å²) in [4.78, 5) is 0. The fraction of sp³-hybridized carbons (Fsp3) is 1.00. The Morgan fingerprint density at radius 1 is 1.15 bits per heavy atom. The Morgan fingerprint density at radius 3 is 1.77 bits per heavy atom. The van der Waals surface area contributed by atoms with Gasteiger partial charge in [-0.25, -0.2) is 0 Å². The van der Waals surface area contributed by atoms with Gasteiger partial charge < -0.3 is 4.52 Å². The van der Waals surface area contributed by atoms with Crippen molar-refractivity contribution in [2.75, 3.05) is 13.3 Å². The standard InChI is InChI=1S/C4H6F6NOP/c1-13(11,4(8,9)10)12-2-3(5,6)7/h11H,2H2,1H3. The molecule has 1 atom stereocenters. The summed E-state index contributed by atoms with van der Waals surface area (Å²) < 4.78 is 73.1. The monoisotopic (exact) mass is 229 g/mol. The van der Waals surface area contributed by atoms with Crippen LogP contribution in [0.15, 0.2) is 0 Å². The topological polar surface area (TPSA) is 33.1 Å². The predicted molar refractivity (Wildman–Crippen MR) is 33.6 cm³/mol. The number of hydrogen-bond acceptors (Lipinski definition) is 2. The summed E-state index contributed by atoms with van der Waals surface area (Å²) in [5, 5.41) is 6.52. The van der Waals surface area contributed by atoms with E-state index in [4.69, 9.17) is 5.16 Å². The van der Waals surface area contributed by atoms with Crippen molar-refractivity contribution in [3.63, 3.8) is 0 Å². The van der Waals surface area contributed by atoms with Crippen LogP contribution in [-0.2, 0) is 4.52 Å². The lowest BCUT2D eigenvalue weighted by molar-refractivity contribution is -0.156. The summed E-state index contributed by atoms with van der Waals surface area (Å²) in [6.07, 6.45) is -4.84. The second-order valence-corrected chi connectivity index (χ2v) is 4.89. The molecule has 80 valence electrons. The van der Waals surface area contributed by atoms with Crippen LogP contribution in [0.25, 0.3) is 0 Å². The first-order valence-corrected chi connectivity index (χ1v) is 5.01. The van der Waals surface area contributed by atoms with E-state index < -0.39 is 26.0 Å². The molecule has 0 aliphatic carbocycles. The first kappa shape index (κ1) is 12.8. The molecule has 0 aromatic rings. The lowest BCUT2D eigenvalue weighted by Crippen LogP contribution is -2.19. The summed E-state index contributed by atoms with van der Waals surface area (Å²) >= 11 is 0. The van der Waals surface area contributed by atoms with E-state index in [1.807, 2.05) is 0 Å². The van der Waals surface area contributed by atoms with Crippen LogP contribution in [-0.4, -0.2) is 25.4 Å². The number of nitrogens with one attached hydrogen (secondary N) is 1. The van der Waals surface area contributed by atoms with Gasteiger partial charge in [0.25, 0.3) is 0 Å². The van der Waals surface area contributed by atoms with Crippen molar-refractivity contribution in [3.05, 3.63) is 0 Å². The zero-order valence-electron chi connectivity index (χ0n) is 6.33. The Balaban J connectivity index is 4.30. The third-order valence-electron chi connectivity index (χ3n) is 0.970. The maximum Gasteiger partial charge on any atom is 0.444 e. The van der Waals surface area contributed by atoms with Crippen LogP contribution in [0.1, 0.15) is 0 Å². The summed E-state index contributed by atoms with van der Waals surface area (Å²) in [5.74, 6) is -5.03. The quantitative estimate of drug-likeness (QED) is 0.571. The van der Waals surface area contributed by atoms with E-state index in [1.54, 1.807) is 0 Å². The van der Waals surface area contributed by atoms with Crippen LogP contribution >= 0.6 is 7.28 Å². The van der Waals surface area contributed by atoms with Crippen LogP contribution in [0.2, 0.25) is 0 Å². The van der Waals surface area contributed by atoms with E-state index in [9.17, 15) is 26.3 Å². The van der Waals surface area contributed by atoms with Gasteiger partial charge in [-0.3, -0.25) is 5.16 Å². The molecule has 0 spiro atoms. The van der Waals surface area contributed by atoms with Gasteiger partial charge in [0.1, 0.15) is 6.61 Å². The molecule has 0 aliphatic rings. The number of hydrogen-bond donors (Lipinski definition) is 1. The average molecular weight is 229 g/mol. The van der Waals surface area contributed by atoms with Gasteiger partial charge in [0, 0.05) is 6.66 Å². The van der Waals surface area contributed by atoms with Gasteiger partial charge in [-0.05, 0) is 0 Å². The van der Waals surface area contributed by atoms with E-state index in [0.717, 1.165) is 0 Å². The molecule has 1 unspecified atom stereocenters. The highest BCUT2D eigenvalue weighted by molar-refractivity contribution is 7.60. The lowest BCUT2D eigenvalue weighted by atomic mass is 10.7. The van der Waals surface area contributed by atoms with Crippen LogP contribution < -0.4 is 0 Å². The summed E-state index contributed by atoms with van der Waals surface area (Å²) in [7, 11) is -4.69. The van der Waals surface area contributed by atoms with Crippen molar-refractivity contribution in [1.29, 1.82) is 5.16 Å². The molecule has 0 aliphatic heterocycles. The van der Waals surface area contributed by atoms with E-state index in [0.29, 0.717) is 6.66 Å². The Morgan fingerprint density at radius 2 is 1.54 bits per heavy atom. The molecule has 9 heteroatoms. The minimum absolute atomic E-state index is 0.318. The SMILES string of the molecule is CP(=N)(OCC(F)(F)F)C(F)(F)F. The van der Waals surface area contributed by atoms with Crippen molar-refractivity contribution in [3.8, 4) is 0 Å². The minimum atomic E-state index is -5.03. The van der Waals surface area contributed by atoms with Gasteiger partial charge >= 0.3 is 12.1 Å². The Hall–Kier alpha value is -0.230. The zero-order chi connectivity index (χ0) is 10.9. The molecule has 0 heterocycles. The van der Waals surface area contributed by atoms with Crippen molar-refractivity contribution in [2.45, 2.75) is 12.1 Å². The Kier molecular flexibility index (Phi) is 3.43. The van der Waals surface area contributed by atoms with Gasteiger partial charge in [0.05, 0.1) is 0 Å². The van der Waals surface area contributed by atoms with Crippen LogP contribution in [0.3, 0.4) is 0 Å². The highest BCUT2D eigenvalue weighted by atomic mass is 31.2. The molecular weight excluding hydrogens is 223 g/mol. The van der Waals surface area contributed by atoms with Crippen molar-refractivity contribution < 1.29 is 30.9 Å². The summed E-state index contributed by atoms with van der Waals surface area (Å²) in [5.41, 5.74) is 0. The van der Waals surface area contributed by atoms with Crippen LogP contribution in [0, 0.1) is 5.16 Å². The Bertz CT molecular complexity index is 220. The van der Waals surface area contributed by atoms with Gasteiger partial charge in [0.2, 0.25) is 0 Å². The molecule has 0 fully saturated rings. The van der Waals surface area contributed by atoms with Crippen LogP contribution in [0.5, 0.6) is 0 Å². The van der Waals surface area contributed by atoms with E-state index in [1.165, 1.54) is 0 Å². The summed E-state index contributed by atoms with van der Waals surface area (Å²) in [6.45, 7) is -1.72. The molecule has 0 saturated carbocycles. The van der Waals surface area contributed by atoms with Crippen molar-refractivity contribution in [2.24, 2.45) is 0 Å². The fourth-order valence-electron chi connectivity index (χ4n) is 0.275. The molecule has 0 aromatic carbocycles. The maximum atomic E-state index is 11.8. The molecular formula is C4H6F6NOP. The predicted octanol–water partition coefficient (Wildman–Crippen LogP) is 3.41. The highest BCUT2D eigenvalue weighted by Gasteiger charge is 2.46. The van der Waals surface area contributed by atoms with Crippen molar-refractivity contribution in [1.82, 2.24) is 0 Å². The lowest BCUT2D eigenvalue weighted by Gasteiger charge is -2.20. The molecule has 1 N–H and O–H groups in total. The smallest absolute Gasteiger partial charge is 0.328 e. The first-order valence-electron chi connectivity index (χ1n) is 2.85. The third kappa shape index (κ3) is 4.52. The molecule has 0 bridgehead atoms. The van der Waals surface area contributed by atoms with Gasteiger partial charge in [0.15, 0.2) is 7.28 Å². The zero-order valence-corrected chi connectivity index (χ0v) is 7.22. The van der Waals surface area contributed by atoms with Gasteiger partial charge in [-0.1, -0.05) is 0 Å². The molecule has 0 radical (unpaired) electrons. The second kappa shape index (κ2) is 3.49. The molecule has 0 amide bonds. The first-order chi connectivity index (χ1) is 5.46. The molecule has 2 nitrogen and oxygen atoms in total. The Labute approximate surface area is 69.8 Å². The number of rotatable bonds is 2. The van der Waals surface area contributed by atoms with Gasteiger partial charge in [-0.15, -0.1) is 0 Å². The minimum Gasteiger partial charge on any atom is -0.328 e. The molecule has 0 aromatic heterocycles. The third-order valence-corrected chi connectivity index (χ3v) is 2.58. The molecule has 0 saturated heterocycles. The number of alkyl halides is 6. The number of halogens is 6. The normalized spacial score (nSPS) is 18.4. The maximum absolute atomic E-state index is 11.8. The fourth-order valence-corrected chi connectivity index (χ4v) is 0.826. The summed E-state index contributed by atoms with van der Waals surface area (Å²) in [6, 6.07) is 0. The largest absolute Gasteiger partial charge is 0.444 e. The van der Waals surface area contributed by atoms with Crippen molar-refractivity contribution >= 4 is 7.28 Å². The molecule has 0 rings (SSSR count). The van der Waals surface area contributed by atoms with Crippen LogP contribution in [0.4, 0.5) is 26.3 Å². The van der Waals surface area contributed by atoms with E-state index >= 15 is 0 Å².